The van der Waals surface area contributed by atoms with Crippen molar-refractivity contribution in [1.82, 2.24) is 4.90 Å². The Balaban J connectivity index is 1.64. The second-order valence-electron chi connectivity index (χ2n) is 8.76. The monoisotopic (exact) mass is 398 g/mol. The van der Waals surface area contributed by atoms with Crippen molar-refractivity contribution in [3.05, 3.63) is 29.3 Å². The Bertz CT molecular complexity index is 961. The molecular weight excluding hydrogens is 372 g/mol. The molecule has 4 heterocycles. The van der Waals surface area contributed by atoms with Crippen molar-refractivity contribution in [2.75, 3.05) is 33.2 Å². The molecule has 4 aliphatic heterocycles. The van der Waals surface area contributed by atoms with Crippen molar-refractivity contribution in [2.45, 2.75) is 43.2 Å². The maximum Gasteiger partial charge on any atom is 0.310 e. The van der Waals surface area contributed by atoms with Gasteiger partial charge in [-0.3, -0.25) is 9.69 Å². The van der Waals surface area contributed by atoms with Crippen LogP contribution in [-0.4, -0.2) is 56.7 Å². The Kier molecular flexibility index (Phi) is 3.31. The highest BCUT2D eigenvalue weighted by atomic mass is 16.6. The molecule has 1 aromatic rings. The van der Waals surface area contributed by atoms with Crippen LogP contribution in [0.25, 0.3) is 0 Å². The minimum atomic E-state index is -0.619. The van der Waals surface area contributed by atoms with Crippen molar-refractivity contribution < 1.29 is 23.7 Å². The maximum absolute atomic E-state index is 13.3. The van der Waals surface area contributed by atoms with Crippen molar-refractivity contribution in [2.24, 2.45) is 11.8 Å². The van der Waals surface area contributed by atoms with Crippen LogP contribution in [0.1, 0.15) is 25.3 Å². The second-order valence-corrected chi connectivity index (χ2v) is 8.76. The molecule has 4 fully saturated rings. The summed E-state index contributed by atoms with van der Waals surface area (Å²) < 4.78 is 23.3. The summed E-state index contributed by atoms with van der Waals surface area (Å²) in [5.74, 6) is 1.05. The van der Waals surface area contributed by atoms with Gasteiger partial charge in [0.15, 0.2) is 17.2 Å². The molecule has 4 bridgehead atoms. The highest BCUT2D eigenvalue weighted by molar-refractivity contribution is 5.82. The van der Waals surface area contributed by atoms with Crippen LogP contribution >= 0.6 is 0 Å². The van der Waals surface area contributed by atoms with Crippen molar-refractivity contribution in [3.63, 3.8) is 0 Å². The number of esters is 1. The van der Waals surface area contributed by atoms with Crippen molar-refractivity contribution in [3.8, 4) is 11.5 Å². The van der Waals surface area contributed by atoms with E-state index in [0.29, 0.717) is 11.5 Å². The molecule has 1 spiro atoms. The number of carbonyl (C=O) groups excluding carboxylic acids is 1. The fourth-order valence-electron chi connectivity index (χ4n) is 7.12. The first-order valence-electron chi connectivity index (χ1n) is 10.3. The summed E-state index contributed by atoms with van der Waals surface area (Å²) in [5.41, 5.74) is 2.25. The predicted molar refractivity (Wildman–Crippen MR) is 105 cm³/mol. The number of piperidine rings is 2. The summed E-state index contributed by atoms with van der Waals surface area (Å²) in [7, 11) is 4.77. The van der Waals surface area contributed by atoms with E-state index in [-0.39, 0.29) is 30.1 Å². The molecule has 5 aliphatic rings. The SMILES string of the molecule is C/C=C1\CN2[C@@H]3C[C@@]45c6cc(OC)c(OC)cc6N[C@]4(O3)[C@@H]2C[C@@H]1[C@H]5C(=O)OC. The Labute approximate surface area is 169 Å². The first kappa shape index (κ1) is 17.6. The van der Waals surface area contributed by atoms with Crippen LogP contribution in [0.4, 0.5) is 5.69 Å². The molecule has 7 nitrogen and oxygen atoms in total. The lowest BCUT2D eigenvalue weighted by Crippen LogP contribution is -2.73. The average molecular weight is 398 g/mol. The number of hydrogen-bond acceptors (Lipinski definition) is 7. The average Bonchev–Trinajstić information content (AvgIpc) is 3.33. The van der Waals surface area contributed by atoms with Crippen LogP contribution in [0.3, 0.4) is 0 Å². The Morgan fingerprint density at radius 2 is 2.03 bits per heavy atom. The van der Waals surface area contributed by atoms with Crippen LogP contribution < -0.4 is 14.8 Å². The number of allylic oxidation sites excluding steroid dienone is 1. The molecule has 1 aliphatic carbocycles. The molecule has 154 valence electrons. The Hall–Kier alpha value is -2.25. The number of ether oxygens (including phenoxy) is 4. The zero-order valence-electron chi connectivity index (χ0n) is 17.2. The third-order valence-electron chi connectivity index (χ3n) is 8.12. The summed E-state index contributed by atoms with van der Waals surface area (Å²) in [6.07, 6.45) is 3.84. The van der Waals surface area contributed by atoms with Crippen LogP contribution in [0.2, 0.25) is 0 Å². The van der Waals surface area contributed by atoms with E-state index >= 15 is 0 Å². The third-order valence-corrected chi connectivity index (χ3v) is 8.12. The second kappa shape index (κ2) is 5.46. The van der Waals surface area contributed by atoms with Gasteiger partial charge in [-0.1, -0.05) is 11.6 Å². The minimum absolute atomic E-state index is 0.00268. The zero-order valence-corrected chi connectivity index (χ0v) is 17.2. The summed E-state index contributed by atoms with van der Waals surface area (Å²) in [5, 5.41) is 3.72. The van der Waals surface area contributed by atoms with E-state index in [1.807, 2.05) is 12.1 Å². The van der Waals surface area contributed by atoms with Crippen molar-refractivity contribution >= 4 is 11.7 Å². The van der Waals surface area contributed by atoms with Crippen LogP contribution in [0.15, 0.2) is 23.8 Å². The number of benzene rings is 1. The molecule has 0 aromatic heterocycles. The van der Waals surface area contributed by atoms with Gasteiger partial charge in [0, 0.05) is 24.7 Å². The number of nitrogens with zero attached hydrogens (tertiary/aromatic N) is 1. The van der Waals surface area contributed by atoms with Crippen LogP contribution in [0, 0.1) is 11.8 Å². The lowest BCUT2D eigenvalue weighted by Gasteiger charge is -2.60. The van der Waals surface area contributed by atoms with Crippen LogP contribution in [-0.2, 0) is 19.7 Å². The van der Waals surface area contributed by atoms with E-state index in [9.17, 15) is 4.79 Å². The Morgan fingerprint density at radius 3 is 2.72 bits per heavy atom. The molecule has 29 heavy (non-hydrogen) atoms. The van der Waals surface area contributed by atoms with Gasteiger partial charge in [-0.2, -0.15) is 0 Å². The largest absolute Gasteiger partial charge is 0.493 e. The normalized spacial score (nSPS) is 41.9. The van der Waals surface area contributed by atoms with Gasteiger partial charge in [-0.25, -0.2) is 0 Å². The van der Waals surface area contributed by atoms with Gasteiger partial charge in [0.2, 0.25) is 0 Å². The van der Waals surface area contributed by atoms with Gasteiger partial charge in [-0.15, -0.1) is 0 Å². The molecule has 1 saturated carbocycles. The van der Waals surface area contributed by atoms with E-state index in [2.05, 4.69) is 23.2 Å². The molecular formula is C22H26N2O5. The summed E-state index contributed by atoms with van der Waals surface area (Å²) in [6, 6.07) is 4.24. The predicted octanol–water partition coefficient (Wildman–Crippen LogP) is 2.26. The lowest BCUT2D eigenvalue weighted by molar-refractivity contribution is -0.161. The summed E-state index contributed by atoms with van der Waals surface area (Å²) in [6.45, 7) is 2.92. The number of carbonyl (C=O) groups is 1. The molecule has 6 atom stereocenters. The Morgan fingerprint density at radius 1 is 1.28 bits per heavy atom. The highest BCUT2D eigenvalue weighted by Gasteiger charge is 2.82. The molecule has 7 heteroatoms. The van der Waals surface area contributed by atoms with E-state index in [0.717, 1.165) is 30.6 Å². The first-order valence-corrected chi connectivity index (χ1v) is 10.3. The van der Waals surface area contributed by atoms with Gasteiger partial charge < -0.3 is 24.3 Å². The molecule has 0 radical (unpaired) electrons. The minimum Gasteiger partial charge on any atom is -0.493 e. The maximum atomic E-state index is 13.3. The van der Waals surface area contributed by atoms with Crippen molar-refractivity contribution in [1.29, 1.82) is 0 Å². The molecule has 1 aromatic carbocycles. The number of fused-ring (bicyclic) bond motifs is 4. The standard InChI is InChI=1S/C22H26N2O5/c1-5-11-10-24-17-6-12(11)19(20(25)28-4)21-9-18(24)29-22(17,21)23-14-8-16(27-3)15(26-2)7-13(14)21/h5,7-8,12,17-19,23H,6,9-10H2,1-4H3/b11-5+/t12-,17-,18-,19-,21-,22-/m0/s1. The number of nitrogens with one attached hydrogen (secondary N) is 1. The third kappa shape index (κ3) is 1.73. The molecule has 0 amide bonds. The number of rotatable bonds is 3. The molecule has 3 saturated heterocycles. The summed E-state index contributed by atoms with van der Waals surface area (Å²) >= 11 is 0. The first-order chi connectivity index (χ1) is 14.0. The fourth-order valence-corrected chi connectivity index (χ4v) is 7.12. The van der Waals surface area contributed by atoms with Gasteiger partial charge in [-0.05, 0) is 30.9 Å². The van der Waals surface area contributed by atoms with Crippen LogP contribution in [0.5, 0.6) is 11.5 Å². The van der Waals surface area contributed by atoms with E-state index in [1.165, 1.54) is 12.7 Å². The van der Waals surface area contributed by atoms with E-state index in [1.54, 1.807) is 14.2 Å². The van der Waals surface area contributed by atoms with E-state index in [4.69, 9.17) is 18.9 Å². The number of methoxy groups -OCH3 is 3. The zero-order chi connectivity index (χ0) is 20.1. The lowest BCUT2D eigenvalue weighted by atomic mass is 9.49. The van der Waals surface area contributed by atoms with Gasteiger partial charge >= 0.3 is 5.97 Å². The number of anilines is 1. The molecule has 0 unspecified atom stereocenters. The van der Waals surface area contributed by atoms with E-state index < -0.39 is 11.1 Å². The van der Waals surface area contributed by atoms with Gasteiger partial charge in [0.1, 0.15) is 6.23 Å². The summed E-state index contributed by atoms with van der Waals surface area (Å²) in [4.78, 5) is 15.8. The fraction of sp³-hybridized carbons (Fsp3) is 0.591. The van der Waals surface area contributed by atoms with Gasteiger partial charge in [0.05, 0.1) is 38.7 Å². The van der Waals surface area contributed by atoms with Gasteiger partial charge in [0.25, 0.3) is 0 Å². The highest BCUT2D eigenvalue weighted by Crippen LogP contribution is 2.72. The topological polar surface area (TPSA) is 69.3 Å². The molecule has 6 rings (SSSR count). The number of hydrogen-bond donors (Lipinski definition) is 1. The quantitative estimate of drug-likeness (QED) is 0.619. The molecule has 1 N–H and O–H groups in total. The smallest absolute Gasteiger partial charge is 0.310 e.